The van der Waals surface area contributed by atoms with Crippen LogP contribution in [0.5, 0.6) is 17.2 Å². The minimum atomic E-state index is -0.307. The van der Waals surface area contributed by atoms with Gasteiger partial charge in [-0.25, -0.2) is 0 Å². The lowest BCUT2D eigenvalue weighted by atomic mass is 10.1. The van der Waals surface area contributed by atoms with Gasteiger partial charge in [-0.2, -0.15) is 0 Å². The van der Waals surface area contributed by atoms with Gasteiger partial charge in [-0.1, -0.05) is 12.1 Å². The summed E-state index contributed by atoms with van der Waals surface area (Å²) in [7, 11) is 4.50. The molecule has 2 amide bonds. The van der Waals surface area contributed by atoms with E-state index in [1.807, 2.05) is 12.1 Å². The summed E-state index contributed by atoms with van der Waals surface area (Å²) in [5.41, 5.74) is 1.90. The van der Waals surface area contributed by atoms with E-state index in [4.69, 9.17) is 14.2 Å². The smallest absolute Gasteiger partial charge is 0.255 e. The maximum atomic E-state index is 12.6. The second kappa shape index (κ2) is 8.65. The van der Waals surface area contributed by atoms with Gasteiger partial charge in [0.15, 0.2) is 11.5 Å². The topological polar surface area (TPSA) is 85.9 Å². The second-order valence-electron chi connectivity index (χ2n) is 6.58. The van der Waals surface area contributed by atoms with E-state index in [0.717, 1.165) is 18.4 Å². The lowest BCUT2D eigenvalue weighted by molar-refractivity contribution is -0.120. The van der Waals surface area contributed by atoms with Crippen LogP contribution >= 0.6 is 0 Å². The lowest BCUT2D eigenvalue weighted by Gasteiger charge is -2.14. The molecule has 2 N–H and O–H groups in total. The zero-order valence-corrected chi connectivity index (χ0v) is 16.2. The maximum Gasteiger partial charge on any atom is 0.255 e. The Morgan fingerprint density at radius 2 is 1.57 bits per heavy atom. The van der Waals surface area contributed by atoms with E-state index in [-0.39, 0.29) is 11.8 Å². The van der Waals surface area contributed by atoms with Crippen molar-refractivity contribution in [2.24, 2.45) is 0 Å². The molecule has 1 aliphatic carbocycles. The van der Waals surface area contributed by atoms with Gasteiger partial charge in [-0.15, -0.1) is 0 Å². The Bertz CT molecular complexity index is 835. The number of carbonyl (C=O) groups excluding carboxylic acids is 2. The summed E-state index contributed by atoms with van der Waals surface area (Å²) in [6.07, 6.45) is 2.47. The van der Waals surface area contributed by atoms with Gasteiger partial charge in [0.1, 0.15) is 0 Å². The molecule has 7 heteroatoms. The van der Waals surface area contributed by atoms with Crippen LogP contribution in [-0.4, -0.2) is 39.2 Å². The highest BCUT2D eigenvalue weighted by atomic mass is 16.5. The van der Waals surface area contributed by atoms with Gasteiger partial charge in [0.2, 0.25) is 11.7 Å². The molecule has 7 nitrogen and oxygen atoms in total. The van der Waals surface area contributed by atoms with Crippen molar-refractivity contribution in [3.8, 4) is 17.2 Å². The maximum absolute atomic E-state index is 12.6. The van der Waals surface area contributed by atoms with Crippen LogP contribution in [0, 0.1) is 0 Å². The monoisotopic (exact) mass is 384 g/mol. The third-order valence-electron chi connectivity index (χ3n) is 4.45. The summed E-state index contributed by atoms with van der Waals surface area (Å²) in [6.45, 7) is 0. The Morgan fingerprint density at radius 1 is 0.964 bits per heavy atom. The standard InChI is InChI=1S/C21H24N2O5/c1-26-17-11-14(12-18(27-2)20(17)28-3)21(25)23-16-6-4-13(5-7-16)10-19(24)22-15-8-9-15/h4-7,11-12,15H,8-10H2,1-3H3,(H,22,24)(H,23,25). The molecule has 3 rings (SSSR count). The van der Waals surface area contributed by atoms with Gasteiger partial charge >= 0.3 is 0 Å². The van der Waals surface area contributed by atoms with E-state index in [1.165, 1.54) is 21.3 Å². The number of carbonyl (C=O) groups is 2. The molecule has 2 aromatic carbocycles. The van der Waals surface area contributed by atoms with Crippen molar-refractivity contribution in [3.05, 3.63) is 47.5 Å². The first kappa shape index (κ1) is 19.5. The predicted octanol–water partition coefficient (Wildman–Crippen LogP) is 2.79. The Balaban J connectivity index is 1.67. The fourth-order valence-corrected chi connectivity index (χ4v) is 2.81. The van der Waals surface area contributed by atoms with Crippen molar-refractivity contribution >= 4 is 17.5 Å². The van der Waals surface area contributed by atoms with Gasteiger partial charge in [-0.3, -0.25) is 9.59 Å². The lowest BCUT2D eigenvalue weighted by Crippen LogP contribution is -2.26. The van der Waals surface area contributed by atoms with E-state index in [2.05, 4.69) is 10.6 Å². The summed E-state index contributed by atoms with van der Waals surface area (Å²) in [5, 5.41) is 5.79. The molecule has 0 heterocycles. The second-order valence-corrected chi connectivity index (χ2v) is 6.58. The van der Waals surface area contributed by atoms with Gasteiger partial charge in [0.25, 0.3) is 5.91 Å². The fraction of sp³-hybridized carbons (Fsp3) is 0.333. The van der Waals surface area contributed by atoms with Crippen LogP contribution in [0.25, 0.3) is 0 Å². The van der Waals surface area contributed by atoms with Crippen molar-refractivity contribution in [2.75, 3.05) is 26.6 Å². The quantitative estimate of drug-likeness (QED) is 0.731. The molecule has 0 radical (unpaired) electrons. The average molecular weight is 384 g/mol. The molecule has 0 aromatic heterocycles. The predicted molar refractivity (Wildman–Crippen MR) is 105 cm³/mol. The molecule has 28 heavy (non-hydrogen) atoms. The summed E-state index contributed by atoms with van der Waals surface area (Å²) in [6, 6.07) is 10.7. The third kappa shape index (κ3) is 4.73. The van der Waals surface area contributed by atoms with Crippen molar-refractivity contribution in [2.45, 2.75) is 25.3 Å². The van der Waals surface area contributed by atoms with Crippen LogP contribution < -0.4 is 24.8 Å². The number of amides is 2. The number of rotatable bonds is 8. The van der Waals surface area contributed by atoms with Gasteiger partial charge in [-0.05, 0) is 42.7 Å². The molecular weight excluding hydrogens is 360 g/mol. The van der Waals surface area contributed by atoms with Gasteiger partial charge < -0.3 is 24.8 Å². The Kier molecular flexibility index (Phi) is 6.03. The fourth-order valence-electron chi connectivity index (χ4n) is 2.81. The van der Waals surface area contributed by atoms with Crippen LogP contribution in [0.2, 0.25) is 0 Å². The molecule has 0 unspecified atom stereocenters. The average Bonchev–Trinajstić information content (AvgIpc) is 3.51. The zero-order chi connectivity index (χ0) is 20.1. The molecule has 1 saturated carbocycles. The van der Waals surface area contributed by atoms with Crippen LogP contribution in [-0.2, 0) is 11.2 Å². The summed E-state index contributed by atoms with van der Waals surface area (Å²) >= 11 is 0. The van der Waals surface area contributed by atoms with Crippen LogP contribution in [0.3, 0.4) is 0 Å². The first-order valence-corrected chi connectivity index (χ1v) is 9.03. The number of anilines is 1. The summed E-state index contributed by atoms with van der Waals surface area (Å²) in [5.74, 6) is 0.957. The largest absolute Gasteiger partial charge is 0.493 e. The van der Waals surface area contributed by atoms with E-state index < -0.39 is 0 Å². The minimum Gasteiger partial charge on any atom is -0.493 e. The SMILES string of the molecule is COc1cc(C(=O)Nc2ccc(CC(=O)NC3CC3)cc2)cc(OC)c1OC. The molecule has 2 aromatic rings. The van der Waals surface area contributed by atoms with Gasteiger partial charge in [0, 0.05) is 17.3 Å². The third-order valence-corrected chi connectivity index (χ3v) is 4.45. The number of ether oxygens (including phenoxy) is 3. The minimum absolute atomic E-state index is 0.0247. The van der Waals surface area contributed by atoms with E-state index in [9.17, 15) is 9.59 Å². The molecule has 0 saturated heterocycles. The Labute approximate surface area is 164 Å². The molecule has 0 aliphatic heterocycles. The van der Waals surface area contributed by atoms with E-state index >= 15 is 0 Å². The summed E-state index contributed by atoms with van der Waals surface area (Å²) in [4.78, 5) is 24.5. The molecule has 0 atom stereocenters. The normalized spacial score (nSPS) is 12.8. The molecule has 1 fully saturated rings. The number of nitrogens with one attached hydrogen (secondary N) is 2. The molecular formula is C21H24N2O5. The van der Waals surface area contributed by atoms with Crippen molar-refractivity contribution < 1.29 is 23.8 Å². The van der Waals surface area contributed by atoms with Crippen LogP contribution in [0.4, 0.5) is 5.69 Å². The van der Waals surface area contributed by atoms with Crippen LogP contribution in [0.15, 0.2) is 36.4 Å². The Hall–Kier alpha value is -3.22. The van der Waals surface area contributed by atoms with Crippen molar-refractivity contribution in [1.29, 1.82) is 0 Å². The highest BCUT2D eigenvalue weighted by Crippen LogP contribution is 2.38. The molecule has 148 valence electrons. The zero-order valence-electron chi connectivity index (χ0n) is 16.2. The van der Waals surface area contributed by atoms with Crippen molar-refractivity contribution in [3.63, 3.8) is 0 Å². The molecule has 1 aliphatic rings. The van der Waals surface area contributed by atoms with E-state index in [0.29, 0.717) is 41.0 Å². The van der Waals surface area contributed by atoms with Gasteiger partial charge in [0.05, 0.1) is 27.8 Å². The first-order valence-electron chi connectivity index (χ1n) is 9.03. The first-order chi connectivity index (χ1) is 13.5. The Morgan fingerprint density at radius 3 is 2.07 bits per heavy atom. The van der Waals surface area contributed by atoms with Crippen molar-refractivity contribution in [1.82, 2.24) is 5.32 Å². The van der Waals surface area contributed by atoms with Crippen LogP contribution in [0.1, 0.15) is 28.8 Å². The number of methoxy groups -OCH3 is 3. The summed E-state index contributed by atoms with van der Waals surface area (Å²) < 4.78 is 15.8. The number of hydrogen-bond donors (Lipinski definition) is 2. The highest BCUT2D eigenvalue weighted by Gasteiger charge is 2.23. The highest BCUT2D eigenvalue weighted by molar-refractivity contribution is 6.05. The van der Waals surface area contributed by atoms with E-state index in [1.54, 1.807) is 24.3 Å². The number of benzene rings is 2. The molecule has 0 spiro atoms. The molecule has 0 bridgehead atoms. The number of hydrogen-bond acceptors (Lipinski definition) is 5.